The molecule has 0 saturated heterocycles. The Bertz CT molecular complexity index is 1710. The number of hydrogen-bond donors (Lipinski definition) is 2. The lowest BCUT2D eigenvalue weighted by molar-refractivity contribution is -0.137. The minimum Gasteiger partial charge on any atom is -0.478 e. The second-order valence-electron chi connectivity index (χ2n) is 9.04. The van der Waals surface area contributed by atoms with Crippen molar-refractivity contribution in [2.45, 2.75) is 19.1 Å². The molecule has 2 aromatic heterocycles. The number of carbonyl (C=O) groups is 2. The molecule has 5 aromatic rings. The van der Waals surface area contributed by atoms with Crippen LogP contribution in [0.25, 0.3) is 16.6 Å². The molecule has 0 aliphatic carbocycles. The normalized spacial score (nSPS) is 11.5. The first kappa shape index (κ1) is 26.5. The van der Waals surface area contributed by atoms with Gasteiger partial charge < -0.3 is 10.4 Å². The Morgan fingerprint density at radius 2 is 1.60 bits per heavy atom. The maximum atomic E-state index is 13.9. The Morgan fingerprint density at radius 1 is 0.900 bits per heavy atom. The van der Waals surface area contributed by atoms with E-state index in [0.29, 0.717) is 33.5 Å². The molecule has 0 spiro atoms. The number of nitrogens with zero attached hydrogens (tertiary/aromatic N) is 3. The molecular weight excluding hydrogens is 528 g/mol. The van der Waals surface area contributed by atoms with E-state index in [1.807, 2.05) is 0 Å². The molecule has 0 aliphatic rings. The van der Waals surface area contributed by atoms with E-state index in [-0.39, 0.29) is 24.1 Å². The van der Waals surface area contributed by atoms with E-state index in [2.05, 4.69) is 15.6 Å². The van der Waals surface area contributed by atoms with Crippen molar-refractivity contribution in [1.82, 2.24) is 20.1 Å². The van der Waals surface area contributed by atoms with Crippen LogP contribution in [0.15, 0.2) is 85.1 Å². The number of carboxylic acid groups (broad SMARTS) is 1. The van der Waals surface area contributed by atoms with E-state index >= 15 is 0 Å². The molecule has 0 bridgehead atoms. The van der Waals surface area contributed by atoms with Crippen LogP contribution in [0.4, 0.5) is 17.6 Å². The summed E-state index contributed by atoms with van der Waals surface area (Å²) in [6.07, 6.45) is -2.76. The second-order valence-corrected chi connectivity index (χ2v) is 9.04. The van der Waals surface area contributed by atoms with Crippen LogP contribution in [0.2, 0.25) is 0 Å². The third-order valence-corrected chi connectivity index (χ3v) is 6.29. The van der Waals surface area contributed by atoms with Gasteiger partial charge in [0, 0.05) is 24.7 Å². The van der Waals surface area contributed by atoms with Gasteiger partial charge in [0.25, 0.3) is 5.91 Å². The molecule has 0 fully saturated rings. The smallest absolute Gasteiger partial charge is 0.416 e. The number of aromatic nitrogens is 3. The zero-order valence-electron chi connectivity index (χ0n) is 20.6. The number of aromatic carboxylic acids is 1. The molecule has 0 radical (unpaired) electrons. The lowest BCUT2D eigenvalue weighted by Gasteiger charge is -2.11. The first-order valence-corrected chi connectivity index (χ1v) is 12.0. The summed E-state index contributed by atoms with van der Waals surface area (Å²) in [6, 6.07) is 18.1. The molecule has 2 heterocycles. The van der Waals surface area contributed by atoms with Crippen molar-refractivity contribution in [2.75, 3.05) is 0 Å². The number of rotatable bonds is 7. The third-order valence-electron chi connectivity index (χ3n) is 6.29. The first-order valence-electron chi connectivity index (χ1n) is 12.0. The molecule has 7 nitrogen and oxygen atoms in total. The van der Waals surface area contributed by atoms with E-state index < -0.39 is 29.4 Å². The number of halogens is 4. The largest absolute Gasteiger partial charge is 0.478 e. The highest BCUT2D eigenvalue weighted by atomic mass is 19.4. The standard InChI is InChI=1S/C29H20F4N4O3/c30-23-3-1-2-20(13-23)21-14-24(27(38)34-15-18-4-8-19(9-5-18)28(39)40)26-25(35-36-37(26)16-21)12-17-6-10-22(11-7-17)29(31,32)33/h1-11,13-14,16H,12,15H2,(H,34,38)(H,39,40). The summed E-state index contributed by atoms with van der Waals surface area (Å²) in [5, 5.41) is 20.2. The minimum absolute atomic E-state index is 0.0882. The van der Waals surface area contributed by atoms with Crippen molar-refractivity contribution in [2.24, 2.45) is 0 Å². The number of hydrogen-bond acceptors (Lipinski definition) is 4. The van der Waals surface area contributed by atoms with Gasteiger partial charge in [-0.05, 0) is 59.2 Å². The third kappa shape index (κ3) is 5.68. The van der Waals surface area contributed by atoms with Crippen molar-refractivity contribution in [1.29, 1.82) is 0 Å². The van der Waals surface area contributed by atoms with Crippen LogP contribution >= 0.6 is 0 Å². The summed E-state index contributed by atoms with van der Waals surface area (Å²) in [6.45, 7) is 0.0882. The lowest BCUT2D eigenvalue weighted by Crippen LogP contribution is -2.24. The van der Waals surface area contributed by atoms with E-state index in [1.165, 1.54) is 47.0 Å². The van der Waals surface area contributed by atoms with Crippen LogP contribution in [-0.2, 0) is 19.1 Å². The molecule has 11 heteroatoms. The molecule has 0 saturated carbocycles. The van der Waals surface area contributed by atoms with Gasteiger partial charge in [-0.25, -0.2) is 13.7 Å². The molecule has 0 aliphatic heterocycles. The van der Waals surface area contributed by atoms with Crippen LogP contribution in [0, 0.1) is 5.82 Å². The zero-order valence-corrected chi connectivity index (χ0v) is 20.6. The highest BCUT2D eigenvalue weighted by Crippen LogP contribution is 2.30. The molecule has 2 N–H and O–H groups in total. The maximum absolute atomic E-state index is 13.9. The fourth-order valence-electron chi connectivity index (χ4n) is 4.25. The van der Waals surface area contributed by atoms with E-state index in [1.54, 1.807) is 30.5 Å². The summed E-state index contributed by atoms with van der Waals surface area (Å²) in [5.41, 5.74) is 2.41. The fourth-order valence-corrected chi connectivity index (χ4v) is 4.25. The van der Waals surface area contributed by atoms with Gasteiger partial charge in [0.05, 0.1) is 22.4 Å². The van der Waals surface area contributed by atoms with E-state index in [0.717, 1.165) is 12.1 Å². The Kier molecular flexibility index (Phi) is 7.03. The average molecular weight is 548 g/mol. The zero-order chi connectivity index (χ0) is 28.4. The van der Waals surface area contributed by atoms with Crippen molar-refractivity contribution < 1.29 is 32.3 Å². The summed E-state index contributed by atoms with van der Waals surface area (Å²) >= 11 is 0. The number of fused-ring (bicyclic) bond motifs is 1. The molecule has 0 atom stereocenters. The maximum Gasteiger partial charge on any atom is 0.416 e. The summed E-state index contributed by atoms with van der Waals surface area (Å²) in [7, 11) is 0. The topological polar surface area (TPSA) is 96.6 Å². The second kappa shape index (κ2) is 10.6. The van der Waals surface area contributed by atoms with Gasteiger partial charge in [0.15, 0.2) is 0 Å². The van der Waals surface area contributed by atoms with Gasteiger partial charge in [-0.3, -0.25) is 4.79 Å². The summed E-state index contributed by atoms with van der Waals surface area (Å²) in [4.78, 5) is 24.5. The molecule has 202 valence electrons. The minimum atomic E-state index is -4.46. The number of pyridine rings is 1. The van der Waals surface area contributed by atoms with Gasteiger partial charge >= 0.3 is 12.1 Å². The van der Waals surface area contributed by atoms with Crippen LogP contribution in [0.3, 0.4) is 0 Å². The number of carbonyl (C=O) groups excluding carboxylic acids is 1. The van der Waals surface area contributed by atoms with Crippen LogP contribution in [0.1, 0.15) is 43.1 Å². The molecule has 1 amide bonds. The Balaban J connectivity index is 1.50. The summed E-state index contributed by atoms with van der Waals surface area (Å²) in [5.74, 6) is -2.03. The van der Waals surface area contributed by atoms with Crippen molar-refractivity contribution in [3.63, 3.8) is 0 Å². The van der Waals surface area contributed by atoms with E-state index in [9.17, 15) is 27.2 Å². The van der Waals surface area contributed by atoms with E-state index in [4.69, 9.17) is 5.11 Å². The number of nitrogens with one attached hydrogen (secondary N) is 1. The number of amides is 1. The highest BCUT2D eigenvalue weighted by molar-refractivity contribution is 6.02. The van der Waals surface area contributed by atoms with Crippen LogP contribution in [0.5, 0.6) is 0 Å². The van der Waals surface area contributed by atoms with Gasteiger partial charge in [0.1, 0.15) is 11.3 Å². The lowest BCUT2D eigenvalue weighted by atomic mass is 10.0. The van der Waals surface area contributed by atoms with Crippen molar-refractivity contribution in [3.05, 3.63) is 124 Å². The fraction of sp³-hybridized carbons (Fsp3) is 0.103. The predicted molar refractivity (Wildman–Crippen MR) is 137 cm³/mol. The van der Waals surface area contributed by atoms with Gasteiger partial charge in [-0.1, -0.05) is 41.6 Å². The van der Waals surface area contributed by atoms with Gasteiger partial charge in [-0.2, -0.15) is 13.2 Å². The van der Waals surface area contributed by atoms with Crippen LogP contribution in [-0.4, -0.2) is 31.8 Å². The molecular formula is C29H20F4N4O3. The Labute approximate surface area is 224 Å². The van der Waals surface area contributed by atoms with Crippen molar-refractivity contribution >= 4 is 17.4 Å². The number of carboxylic acids is 1. The quantitative estimate of drug-likeness (QED) is 0.252. The predicted octanol–water partition coefficient (Wildman–Crippen LogP) is 5.77. The van der Waals surface area contributed by atoms with Gasteiger partial charge in [-0.15, -0.1) is 5.10 Å². The Morgan fingerprint density at radius 3 is 2.25 bits per heavy atom. The first-order chi connectivity index (χ1) is 19.1. The number of benzene rings is 3. The van der Waals surface area contributed by atoms with Crippen molar-refractivity contribution in [3.8, 4) is 11.1 Å². The monoisotopic (exact) mass is 548 g/mol. The molecule has 3 aromatic carbocycles. The SMILES string of the molecule is O=C(O)c1ccc(CNC(=O)c2cc(-c3cccc(F)c3)cn3nnc(Cc4ccc(C(F)(F)F)cc4)c23)cc1. The Hall–Kier alpha value is -5.06. The number of alkyl halides is 3. The summed E-state index contributed by atoms with van der Waals surface area (Å²) < 4.78 is 54.3. The molecule has 0 unspecified atom stereocenters. The highest BCUT2D eigenvalue weighted by Gasteiger charge is 2.30. The average Bonchev–Trinajstić information content (AvgIpc) is 3.33. The van der Waals surface area contributed by atoms with Crippen LogP contribution < -0.4 is 5.32 Å². The molecule has 40 heavy (non-hydrogen) atoms. The van der Waals surface area contributed by atoms with Gasteiger partial charge in [0.2, 0.25) is 0 Å². The molecule has 5 rings (SSSR count).